The van der Waals surface area contributed by atoms with Crippen LogP contribution in [0.2, 0.25) is 0 Å². The van der Waals surface area contributed by atoms with Crippen molar-refractivity contribution in [2.75, 3.05) is 22.9 Å². The Morgan fingerprint density at radius 2 is 1.42 bits per heavy atom. The standard InChI is InChI=1S/C27H23FN2O3/c28-20-10-8-18(9-11-20)24-23(25(31)19-6-2-1-3-7-19)26(32)27(33)30(24)22-14-12-21(13-15-22)29-16-4-5-17-29/h1-3,6-15,24,31H,4-5,16-17H2/b25-23+. The summed E-state index contributed by atoms with van der Waals surface area (Å²) in [6, 6.07) is 20.9. The maximum Gasteiger partial charge on any atom is 0.300 e. The molecule has 2 aliphatic rings. The van der Waals surface area contributed by atoms with E-state index >= 15 is 0 Å². The van der Waals surface area contributed by atoms with E-state index in [9.17, 15) is 19.1 Å². The third-order valence-electron chi connectivity index (χ3n) is 6.28. The Morgan fingerprint density at radius 1 is 0.818 bits per heavy atom. The number of hydrogen-bond donors (Lipinski definition) is 1. The zero-order chi connectivity index (χ0) is 22.9. The van der Waals surface area contributed by atoms with Crippen LogP contribution in [-0.2, 0) is 9.59 Å². The predicted molar refractivity (Wildman–Crippen MR) is 126 cm³/mol. The Bertz CT molecular complexity index is 1210. The van der Waals surface area contributed by atoms with Crippen molar-refractivity contribution in [1.82, 2.24) is 0 Å². The summed E-state index contributed by atoms with van der Waals surface area (Å²) in [5.74, 6) is -2.17. The van der Waals surface area contributed by atoms with E-state index in [4.69, 9.17) is 0 Å². The molecule has 5 nitrogen and oxygen atoms in total. The van der Waals surface area contributed by atoms with Gasteiger partial charge in [-0.15, -0.1) is 0 Å². The van der Waals surface area contributed by atoms with Gasteiger partial charge in [-0.3, -0.25) is 14.5 Å². The van der Waals surface area contributed by atoms with E-state index in [1.807, 2.05) is 24.3 Å². The minimum atomic E-state index is -0.872. The van der Waals surface area contributed by atoms with Gasteiger partial charge in [-0.05, 0) is 54.8 Å². The van der Waals surface area contributed by atoms with Gasteiger partial charge in [0.1, 0.15) is 11.6 Å². The molecule has 2 heterocycles. The number of halogens is 1. The van der Waals surface area contributed by atoms with Gasteiger partial charge in [0, 0.05) is 30.0 Å². The van der Waals surface area contributed by atoms with Crippen molar-refractivity contribution in [3.05, 3.63) is 101 Å². The van der Waals surface area contributed by atoms with Crippen LogP contribution < -0.4 is 9.80 Å². The fraction of sp³-hybridized carbons (Fsp3) is 0.185. The fourth-order valence-corrected chi connectivity index (χ4v) is 4.61. The number of Topliss-reactive ketones (excluding diaryl/α,β-unsaturated/α-hetero) is 1. The maximum atomic E-state index is 13.6. The second-order valence-corrected chi connectivity index (χ2v) is 8.30. The van der Waals surface area contributed by atoms with Gasteiger partial charge in [-0.2, -0.15) is 0 Å². The highest BCUT2D eigenvalue weighted by Crippen LogP contribution is 2.42. The SMILES string of the molecule is O=C1C(=O)N(c2ccc(N3CCCC3)cc2)C(c2ccc(F)cc2)/C1=C(\O)c1ccccc1. The van der Waals surface area contributed by atoms with Crippen LogP contribution in [0.3, 0.4) is 0 Å². The van der Waals surface area contributed by atoms with E-state index in [0.29, 0.717) is 16.8 Å². The van der Waals surface area contributed by atoms with Gasteiger partial charge in [0.25, 0.3) is 11.7 Å². The van der Waals surface area contributed by atoms with Crippen LogP contribution in [0, 0.1) is 5.82 Å². The summed E-state index contributed by atoms with van der Waals surface area (Å²) in [6.07, 6.45) is 2.31. The molecule has 1 unspecified atom stereocenters. The summed E-state index contributed by atoms with van der Waals surface area (Å²) in [6.45, 7) is 1.99. The third-order valence-corrected chi connectivity index (χ3v) is 6.28. The molecule has 1 amide bonds. The Balaban J connectivity index is 1.62. The Kier molecular flexibility index (Phi) is 5.42. The molecule has 5 rings (SSSR count). The van der Waals surface area contributed by atoms with Gasteiger partial charge in [-0.1, -0.05) is 42.5 Å². The van der Waals surface area contributed by atoms with Crippen LogP contribution in [0.4, 0.5) is 15.8 Å². The summed E-state index contributed by atoms with van der Waals surface area (Å²) in [5.41, 5.74) is 2.57. The van der Waals surface area contributed by atoms with E-state index in [1.54, 1.807) is 30.3 Å². The average molecular weight is 442 g/mol. The molecule has 1 atom stereocenters. The van der Waals surface area contributed by atoms with Gasteiger partial charge < -0.3 is 10.0 Å². The molecule has 1 N–H and O–H groups in total. The van der Waals surface area contributed by atoms with Crippen LogP contribution >= 0.6 is 0 Å². The van der Waals surface area contributed by atoms with E-state index in [0.717, 1.165) is 31.6 Å². The lowest BCUT2D eigenvalue weighted by molar-refractivity contribution is -0.132. The van der Waals surface area contributed by atoms with Crippen molar-refractivity contribution >= 4 is 28.8 Å². The molecule has 3 aromatic carbocycles. The van der Waals surface area contributed by atoms with Crippen molar-refractivity contribution in [3.8, 4) is 0 Å². The normalized spacial score (nSPS) is 20.0. The van der Waals surface area contributed by atoms with Gasteiger partial charge >= 0.3 is 0 Å². The van der Waals surface area contributed by atoms with Crippen molar-refractivity contribution in [2.45, 2.75) is 18.9 Å². The number of hydrogen-bond acceptors (Lipinski definition) is 4. The number of benzene rings is 3. The molecule has 33 heavy (non-hydrogen) atoms. The van der Waals surface area contributed by atoms with Crippen LogP contribution in [0.25, 0.3) is 5.76 Å². The Morgan fingerprint density at radius 3 is 2.06 bits per heavy atom. The molecule has 0 aliphatic carbocycles. The molecule has 0 saturated carbocycles. The second kappa shape index (κ2) is 8.54. The first kappa shape index (κ1) is 20.9. The third kappa shape index (κ3) is 3.78. The van der Waals surface area contributed by atoms with E-state index in [-0.39, 0.29) is 11.3 Å². The number of carbonyl (C=O) groups excluding carboxylic acids is 2. The molecule has 0 bridgehead atoms. The van der Waals surface area contributed by atoms with Crippen molar-refractivity contribution in [3.63, 3.8) is 0 Å². The minimum Gasteiger partial charge on any atom is -0.507 e. The smallest absolute Gasteiger partial charge is 0.300 e. The molecule has 2 aliphatic heterocycles. The molecule has 0 radical (unpaired) electrons. The number of carbonyl (C=O) groups is 2. The lowest BCUT2D eigenvalue weighted by atomic mass is 9.95. The van der Waals surface area contributed by atoms with Crippen LogP contribution in [-0.4, -0.2) is 29.9 Å². The molecule has 6 heteroatoms. The van der Waals surface area contributed by atoms with E-state index in [1.165, 1.54) is 29.2 Å². The lowest BCUT2D eigenvalue weighted by Gasteiger charge is -2.26. The maximum absolute atomic E-state index is 13.6. The van der Waals surface area contributed by atoms with Gasteiger partial charge in [0.05, 0.1) is 11.6 Å². The zero-order valence-corrected chi connectivity index (χ0v) is 17.9. The summed E-state index contributed by atoms with van der Waals surface area (Å²) in [5, 5.41) is 11.0. The summed E-state index contributed by atoms with van der Waals surface area (Å²) < 4.78 is 13.6. The molecule has 3 aromatic rings. The molecule has 2 fully saturated rings. The zero-order valence-electron chi connectivity index (χ0n) is 17.9. The van der Waals surface area contributed by atoms with Gasteiger partial charge in [0.15, 0.2) is 0 Å². The molecule has 166 valence electrons. The summed E-state index contributed by atoms with van der Waals surface area (Å²) in [4.78, 5) is 30.0. The number of nitrogens with zero attached hydrogens (tertiary/aromatic N) is 2. The predicted octanol–water partition coefficient (Wildman–Crippen LogP) is 5.05. The Labute approximate surface area is 191 Å². The molecule has 0 aromatic heterocycles. The highest BCUT2D eigenvalue weighted by atomic mass is 19.1. The van der Waals surface area contributed by atoms with Gasteiger partial charge in [0.2, 0.25) is 0 Å². The molecule has 0 spiro atoms. The summed E-state index contributed by atoms with van der Waals surface area (Å²) in [7, 11) is 0. The minimum absolute atomic E-state index is 0.0126. The largest absolute Gasteiger partial charge is 0.507 e. The molecular weight excluding hydrogens is 419 g/mol. The van der Waals surface area contributed by atoms with E-state index < -0.39 is 23.5 Å². The average Bonchev–Trinajstić information content (AvgIpc) is 3.47. The fourth-order valence-electron chi connectivity index (χ4n) is 4.61. The van der Waals surface area contributed by atoms with E-state index in [2.05, 4.69) is 4.90 Å². The quantitative estimate of drug-likeness (QED) is 0.349. The topological polar surface area (TPSA) is 60.9 Å². The highest BCUT2D eigenvalue weighted by Gasteiger charge is 2.47. The van der Waals surface area contributed by atoms with Crippen LogP contribution in [0.1, 0.15) is 30.0 Å². The van der Waals surface area contributed by atoms with Crippen LogP contribution in [0.5, 0.6) is 0 Å². The number of amides is 1. The number of ketones is 1. The first-order valence-electron chi connectivity index (χ1n) is 11.0. The number of anilines is 2. The number of aliphatic hydroxyl groups is 1. The first-order chi connectivity index (χ1) is 16.0. The number of aliphatic hydroxyl groups excluding tert-OH is 1. The monoisotopic (exact) mass is 442 g/mol. The van der Waals surface area contributed by atoms with Crippen LogP contribution in [0.15, 0.2) is 84.4 Å². The molecular formula is C27H23FN2O3. The lowest BCUT2D eigenvalue weighted by Crippen LogP contribution is -2.29. The molecule has 2 saturated heterocycles. The van der Waals surface area contributed by atoms with Crippen molar-refractivity contribution in [1.29, 1.82) is 0 Å². The van der Waals surface area contributed by atoms with Gasteiger partial charge in [-0.25, -0.2) is 4.39 Å². The van der Waals surface area contributed by atoms with Crippen molar-refractivity contribution < 1.29 is 19.1 Å². The summed E-state index contributed by atoms with van der Waals surface area (Å²) >= 11 is 0. The first-order valence-corrected chi connectivity index (χ1v) is 11.0. The Hall–Kier alpha value is -3.93. The second-order valence-electron chi connectivity index (χ2n) is 8.30. The van der Waals surface area contributed by atoms with Crippen molar-refractivity contribution in [2.24, 2.45) is 0 Å². The highest BCUT2D eigenvalue weighted by molar-refractivity contribution is 6.51. The number of rotatable bonds is 4.